The Hall–Kier alpha value is -1.11. The number of thioether (sulfide) groups is 2. The molecule has 1 N–H and O–H groups in total. The van der Waals surface area contributed by atoms with Crippen molar-refractivity contribution in [3.05, 3.63) is 35.4 Å². The predicted octanol–water partition coefficient (Wildman–Crippen LogP) is 3.42. The summed E-state index contributed by atoms with van der Waals surface area (Å²) in [5, 5.41) is 11.5. The number of piperidine rings is 1. The minimum atomic E-state index is -0.192. The van der Waals surface area contributed by atoms with Crippen LogP contribution in [0.25, 0.3) is 0 Å². The van der Waals surface area contributed by atoms with Gasteiger partial charge in [-0.3, -0.25) is 4.79 Å². The number of likely N-dealkylation sites (N-methyl/N-ethyl adjacent to an activating group) is 1. The zero-order valence-corrected chi connectivity index (χ0v) is 15.9. The lowest BCUT2D eigenvalue weighted by atomic mass is 9.54. The molecule has 25 heavy (non-hydrogen) atoms. The third-order valence-electron chi connectivity index (χ3n) is 6.52. The van der Waals surface area contributed by atoms with E-state index in [1.807, 2.05) is 6.07 Å². The number of ether oxygens (including phenoxy) is 1. The average molecular weight is 376 g/mol. The second kappa shape index (κ2) is 5.44. The van der Waals surface area contributed by atoms with E-state index in [-0.39, 0.29) is 26.1 Å². The Morgan fingerprint density at radius 1 is 1.36 bits per heavy atom. The molecule has 1 aromatic rings. The first-order valence-corrected chi connectivity index (χ1v) is 10.5. The van der Waals surface area contributed by atoms with Gasteiger partial charge in [0.1, 0.15) is 0 Å². The fourth-order valence-corrected chi connectivity index (χ4v) is 8.37. The Morgan fingerprint density at radius 3 is 3.00 bits per heavy atom. The minimum absolute atomic E-state index is 0.192. The summed E-state index contributed by atoms with van der Waals surface area (Å²) in [6.07, 6.45) is 6.42. The highest BCUT2D eigenvalue weighted by Crippen LogP contribution is 2.62. The molecule has 2 heterocycles. The van der Waals surface area contributed by atoms with Crippen LogP contribution in [0.4, 0.5) is 4.79 Å². The van der Waals surface area contributed by atoms with Crippen LogP contribution >= 0.6 is 23.5 Å². The Bertz CT molecular complexity index is 795. The number of benzene rings is 1. The molecule has 6 heteroatoms. The Kier molecular flexibility index (Phi) is 3.50. The largest absolute Gasteiger partial charge is 0.504 e. The van der Waals surface area contributed by atoms with Gasteiger partial charge in [0.15, 0.2) is 11.5 Å². The fraction of sp³-hybridized carbons (Fsp3) is 0.526. The normalized spacial score (nSPS) is 38.9. The highest BCUT2D eigenvalue weighted by molar-refractivity contribution is 8.41. The molecule has 2 aliphatic carbocycles. The summed E-state index contributed by atoms with van der Waals surface area (Å²) in [5.41, 5.74) is 2.07. The zero-order valence-electron chi connectivity index (χ0n) is 14.3. The molecule has 2 aliphatic heterocycles. The number of phenolic OH excluding ortho intramolecular Hbond substituents is 1. The molecule has 0 spiro atoms. The van der Waals surface area contributed by atoms with Crippen LogP contribution in [-0.2, 0) is 11.8 Å². The number of hydrogen-bond acceptors (Lipinski definition) is 6. The number of nitrogens with zero attached hydrogens (tertiary/aromatic N) is 1. The van der Waals surface area contributed by atoms with Gasteiger partial charge >= 0.3 is 0 Å². The summed E-state index contributed by atoms with van der Waals surface area (Å²) in [5.74, 6) is 1.18. The monoisotopic (exact) mass is 375 g/mol. The smallest absolute Gasteiger partial charge is 0.246 e. The number of carbonyl (C=O) groups excluding carboxylic acids is 1. The maximum Gasteiger partial charge on any atom is 0.246 e. The average Bonchev–Trinajstić information content (AvgIpc) is 2.98. The summed E-state index contributed by atoms with van der Waals surface area (Å²) in [4.78, 5) is 14.6. The number of rotatable bonds is 1. The van der Waals surface area contributed by atoms with Crippen molar-refractivity contribution >= 4 is 28.0 Å². The van der Waals surface area contributed by atoms with Crippen molar-refractivity contribution < 1.29 is 14.6 Å². The second-order valence-electron chi connectivity index (χ2n) is 7.49. The molecule has 2 bridgehead atoms. The maximum atomic E-state index is 12.1. The third kappa shape index (κ3) is 2.04. The predicted molar refractivity (Wildman–Crippen MR) is 102 cm³/mol. The molecule has 132 valence electrons. The summed E-state index contributed by atoms with van der Waals surface area (Å²) >= 11 is 2.98. The third-order valence-corrected chi connectivity index (χ3v) is 9.24. The molecule has 0 radical (unpaired) electrons. The van der Waals surface area contributed by atoms with Crippen molar-refractivity contribution in [2.45, 2.75) is 34.8 Å². The Morgan fingerprint density at radius 2 is 2.20 bits per heavy atom. The molecule has 0 amide bonds. The number of allylic oxidation sites excluding steroid dienone is 1. The lowest BCUT2D eigenvalue weighted by molar-refractivity contribution is 0.0487. The first-order chi connectivity index (χ1) is 12.0. The van der Waals surface area contributed by atoms with E-state index in [9.17, 15) is 9.90 Å². The van der Waals surface area contributed by atoms with Crippen molar-refractivity contribution in [1.82, 2.24) is 4.90 Å². The number of likely N-dealkylation sites (tertiary alicyclic amines) is 1. The zero-order chi connectivity index (χ0) is 17.3. The Labute approximate surface area is 156 Å². The molecule has 4 nitrogen and oxygen atoms in total. The molecular formula is C19H21NO3S2. The molecule has 1 aromatic carbocycles. The highest BCUT2D eigenvalue weighted by Gasteiger charge is 2.60. The van der Waals surface area contributed by atoms with E-state index in [0.29, 0.717) is 17.7 Å². The van der Waals surface area contributed by atoms with Crippen LogP contribution in [0, 0.1) is 5.92 Å². The number of aromatic hydroxyl groups is 1. The van der Waals surface area contributed by atoms with Gasteiger partial charge < -0.3 is 14.7 Å². The van der Waals surface area contributed by atoms with Crippen molar-refractivity contribution in [3.8, 4) is 11.5 Å². The quantitative estimate of drug-likeness (QED) is 0.759. The van der Waals surface area contributed by atoms with Crippen molar-refractivity contribution in [2.24, 2.45) is 5.92 Å². The molecule has 2 saturated heterocycles. The number of carbonyl (C=O) groups is 1. The van der Waals surface area contributed by atoms with Gasteiger partial charge in [-0.15, -0.1) is 0 Å². The second-order valence-corrected chi connectivity index (χ2v) is 10.1. The maximum absolute atomic E-state index is 12.1. The van der Waals surface area contributed by atoms with E-state index < -0.39 is 0 Å². The molecule has 0 unspecified atom stereocenters. The van der Waals surface area contributed by atoms with E-state index in [4.69, 9.17) is 4.74 Å². The van der Waals surface area contributed by atoms with Gasteiger partial charge in [-0.2, -0.15) is 0 Å². The molecule has 5 rings (SSSR count). The van der Waals surface area contributed by atoms with Crippen molar-refractivity contribution in [3.63, 3.8) is 0 Å². The van der Waals surface area contributed by atoms with Crippen LogP contribution in [0.3, 0.4) is 0 Å². The first kappa shape index (κ1) is 16.1. The lowest BCUT2D eigenvalue weighted by Gasteiger charge is -2.58. The summed E-state index contributed by atoms with van der Waals surface area (Å²) in [6.45, 7) is 1.00. The van der Waals surface area contributed by atoms with Gasteiger partial charge in [-0.1, -0.05) is 41.7 Å². The number of methoxy groups -OCH3 is 1. The molecule has 5 atom stereocenters. The fourth-order valence-electron chi connectivity index (χ4n) is 5.45. The van der Waals surface area contributed by atoms with E-state index in [2.05, 4.69) is 30.2 Å². The van der Waals surface area contributed by atoms with Crippen molar-refractivity contribution in [1.29, 1.82) is 0 Å². The molecular weight excluding hydrogens is 354 g/mol. The summed E-state index contributed by atoms with van der Waals surface area (Å²) in [6, 6.07) is 4.39. The van der Waals surface area contributed by atoms with Gasteiger partial charge in [0.25, 0.3) is 0 Å². The van der Waals surface area contributed by atoms with E-state index >= 15 is 0 Å². The molecule has 4 aliphatic rings. The Balaban J connectivity index is 1.75. The SMILES string of the molecule is COc1ccc2c(c1O)[C@@]13C=C[C@@H]4SC(=O)S[C@@H]4[C@H]1[C@@H](C2)N(C)CC3. The van der Waals surface area contributed by atoms with Gasteiger partial charge in [0.05, 0.1) is 7.11 Å². The van der Waals surface area contributed by atoms with Crippen LogP contribution in [0.1, 0.15) is 17.5 Å². The van der Waals surface area contributed by atoms with Crippen molar-refractivity contribution in [2.75, 3.05) is 20.7 Å². The number of phenols is 1. The molecule has 0 aromatic heterocycles. The van der Waals surface area contributed by atoms with E-state index in [1.54, 1.807) is 7.11 Å². The number of hydrogen-bond donors (Lipinski definition) is 1. The van der Waals surface area contributed by atoms with Gasteiger partial charge in [0, 0.05) is 33.4 Å². The van der Waals surface area contributed by atoms with E-state index in [1.165, 1.54) is 29.1 Å². The topological polar surface area (TPSA) is 49.8 Å². The minimum Gasteiger partial charge on any atom is -0.504 e. The summed E-state index contributed by atoms with van der Waals surface area (Å²) in [7, 11) is 3.80. The first-order valence-electron chi connectivity index (χ1n) is 8.71. The lowest BCUT2D eigenvalue weighted by Crippen LogP contribution is -2.63. The van der Waals surface area contributed by atoms with Crippen LogP contribution in [-0.4, -0.2) is 51.7 Å². The van der Waals surface area contributed by atoms with E-state index in [0.717, 1.165) is 24.9 Å². The van der Waals surface area contributed by atoms with Gasteiger partial charge in [-0.05, 0) is 38.1 Å². The standard InChI is InChI=1S/C19H21NO3S2/c1-20-8-7-19-6-5-13-17(25-18(22)24-13)15(19)11(20)9-10-3-4-12(23-2)16(21)14(10)19/h3-6,11,13,15,17,21H,7-9H2,1-2H3/t11-,13+,15-,17+,19+/m1/s1. The van der Waals surface area contributed by atoms with Crippen LogP contribution in [0.5, 0.6) is 11.5 Å². The van der Waals surface area contributed by atoms with Gasteiger partial charge in [-0.25, -0.2) is 0 Å². The highest BCUT2D eigenvalue weighted by atomic mass is 32.2. The van der Waals surface area contributed by atoms with Crippen LogP contribution < -0.4 is 4.74 Å². The number of fused-ring (bicyclic) bond motifs is 2. The van der Waals surface area contributed by atoms with Crippen LogP contribution in [0.2, 0.25) is 0 Å². The van der Waals surface area contributed by atoms with Gasteiger partial charge in [0.2, 0.25) is 4.45 Å². The van der Waals surface area contributed by atoms with Crippen LogP contribution in [0.15, 0.2) is 24.3 Å². The molecule has 0 saturated carbocycles. The summed E-state index contributed by atoms with van der Waals surface area (Å²) < 4.78 is 5.64. The molecule has 2 fully saturated rings.